The first-order chi connectivity index (χ1) is 13.1. The van der Waals surface area contributed by atoms with Gasteiger partial charge in [0.25, 0.3) is 0 Å². The fraction of sp³-hybridized carbons (Fsp3) is 0.391. The number of aryl methyl sites for hydroxylation is 2. The van der Waals surface area contributed by atoms with Gasteiger partial charge >= 0.3 is 5.97 Å². The number of rotatable bonds is 6. The topological polar surface area (TPSA) is 55.4 Å². The third-order valence-corrected chi connectivity index (χ3v) is 5.63. The van der Waals surface area contributed by atoms with Crippen LogP contribution in [0.1, 0.15) is 37.5 Å². The molecule has 2 rings (SSSR count). The zero-order valence-corrected chi connectivity index (χ0v) is 18.1. The Hall–Kier alpha value is -2.33. The molecule has 28 heavy (non-hydrogen) atoms. The molecular formula is C23H28ClNO3. The fourth-order valence-electron chi connectivity index (χ4n) is 3.22. The highest BCUT2D eigenvalue weighted by atomic mass is 35.5. The van der Waals surface area contributed by atoms with E-state index in [-0.39, 0.29) is 18.2 Å². The van der Waals surface area contributed by atoms with Crippen LogP contribution in [-0.2, 0) is 20.7 Å². The predicted octanol–water partition coefficient (Wildman–Crippen LogP) is 4.87. The number of amides is 1. The Balaban J connectivity index is 2.25. The van der Waals surface area contributed by atoms with Gasteiger partial charge in [-0.05, 0) is 66.6 Å². The van der Waals surface area contributed by atoms with Crippen LogP contribution < -0.4 is 5.32 Å². The Bertz CT molecular complexity index is 851. The highest BCUT2D eigenvalue weighted by Gasteiger charge is 2.39. The molecule has 1 atom stereocenters. The third kappa shape index (κ3) is 4.74. The Morgan fingerprint density at radius 1 is 1.07 bits per heavy atom. The Morgan fingerprint density at radius 2 is 1.61 bits per heavy atom. The molecule has 0 saturated carbocycles. The first-order valence-electron chi connectivity index (χ1n) is 9.34. The Morgan fingerprint density at radius 3 is 2.07 bits per heavy atom. The number of methoxy groups -OCH3 is 1. The zero-order chi connectivity index (χ0) is 21.1. The minimum atomic E-state index is -1.06. The molecule has 2 aromatic carbocycles. The SMILES string of the molecule is COC(=O)C(C)(NC(=O)Cc1c(C)cc(-c2ccc(Cl)cc2)cc1C)C(C)C. The number of halogens is 1. The molecule has 0 spiro atoms. The minimum absolute atomic E-state index is 0.0987. The maximum absolute atomic E-state index is 12.7. The summed E-state index contributed by atoms with van der Waals surface area (Å²) in [5.41, 5.74) is 4.12. The molecule has 0 aliphatic rings. The van der Waals surface area contributed by atoms with Crippen molar-refractivity contribution in [1.29, 1.82) is 0 Å². The van der Waals surface area contributed by atoms with Crippen molar-refractivity contribution in [2.75, 3.05) is 7.11 Å². The van der Waals surface area contributed by atoms with Gasteiger partial charge in [-0.15, -0.1) is 0 Å². The zero-order valence-electron chi connectivity index (χ0n) is 17.4. The van der Waals surface area contributed by atoms with Crippen molar-refractivity contribution in [2.24, 2.45) is 5.92 Å². The molecule has 1 unspecified atom stereocenters. The van der Waals surface area contributed by atoms with E-state index in [0.717, 1.165) is 27.8 Å². The van der Waals surface area contributed by atoms with Crippen LogP contribution in [0.4, 0.5) is 0 Å². The summed E-state index contributed by atoms with van der Waals surface area (Å²) in [5, 5.41) is 3.57. The van der Waals surface area contributed by atoms with E-state index in [1.54, 1.807) is 6.92 Å². The summed E-state index contributed by atoms with van der Waals surface area (Å²) < 4.78 is 4.89. The van der Waals surface area contributed by atoms with Crippen LogP contribution in [0.2, 0.25) is 5.02 Å². The van der Waals surface area contributed by atoms with Gasteiger partial charge in [0.2, 0.25) is 5.91 Å². The van der Waals surface area contributed by atoms with Crippen LogP contribution >= 0.6 is 11.6 Å². The van der Waals surface area contributed by atoms with E-state index in [1.165, 1.54) is 7.11 Å². The molecule has 0 aliphatic carbocycles. The molecule has 4 nitrogen and oxygen atoms in total. The van der Waals surface area contributed by atoms with Crippen LogP contribution in [-0.4, -0.2) is 24.5 Å². The van der Waals surface area contributed by atoms with Crippen LogP contribution in [0.25, 0.3) is 11.1 Å². The summed E-state index contributed by atoms with van der Waals surface area (Å²) in [6.07, 6.45) is 0.206. The summed E-state index contributed by atoms with van der Waals surface area (Å²) in [7, 11) is 1.33. The second-order valence-corrected chi connectivity index (χ2v) is 8.11. The number of carbonyl (C=O) groups excluding carboxylic acids is 2. The molecule has 5 heteroatoms. The monoisotopic (exact) mass is 401 g/mol. The first kappa shape index (κ1) is 22.0. The molecule has 0 bridgehead atoms. The standard InChI is InChI=1S/C23H28ClNO3/c1-14(2)23(5,22(27)28-6)25-21(26)13-20-15(3)11-18(12-16(20)4)17-7-9-19(24)10-8-17/h7-12,14H,13H2,1-6H3,(H,25,26). The number of esters is 1. The average molecular weight is 402 g/mol. The van der Waals surface area contributed by atoms with Gasteiger partial charge in [0, 0.05) is 5.02 Å². The van der Waals surface area contributed by atoms with Crippen LogP contribution in [0.5, 0.6) is 0 Å². The van der Waals surface area contributed by atoms with Gasteiger partial charge in [-0.3, -0.25) is 4.79 Å². The van der Waals surface area contributed by atoms with Crippen molar-refractivity contribution in [1.82, 2.24) is 5.32 Å². The van der Waals surface area contributed by atoms with Crippen molar-refractivity contribution >= 4 is 23.5 Å². The van der Waals surface area contributed by atoms with Gasteiger partial charge in [-0.1, -0.05) is 49.7 Å². The van der Waals surface area contributed by atoms with E-state index in [1.807, 2.05) is 52.0 Å². The van der Waals surface area contributed by atoms with E-state index < -0.39 is 11.5 Å². The lowest BCUT2D eigenvalue weighted by Gasteiger charge is -2.32. The quantitative estimate of drug-likeness (QED) is 0.702. The van der Waals surface area contributed by atoms with Crippen molar-refractivity contribution in [3.63, 3.8) is 0 Å². The number of nitrogens with one attached hydrogen (secondary N) is 1. The number of ether oxygens (including phenoxy) is 1. The molecule has 0 radical (unpaired) electrons. The highest BCUT2D eigenvalue weighted by molar-refractivity contribution is 6.30. The Kier molecular flexibility index (Phi) is 6.89. The molecule has 0 heterocycles. The van der Waals surface area contributed by atoms with Crippen LogP contribution in [0, 0.1) is 19.8 Å². The molecule has 2 aromatic rings. The number of benzene rings is 2. The number of hydrogen-bond donors (Lipinski definition) is 1. The number of hydrogen-bond acceptors (Lipinski definition) is 3. The lowest BCUT2D eigenvalue weighted by atomic mass is 9.87. The summed E-state index contributed by atoms with van der Waals surface area (Å²) in [4.78, 5) is 24.9. The minimum Gasteiger partial charge on any atom is -0.467 e. The second-order valence-electron chi connectivity index (χ2n) is 7.67. The average Bonchev–Trinajstić information content (AvgIpc) is 2.64. The molecule has 0 fully saturated rings. The van der Waals surface area contributed by atoms with Crippen molar-refractivity contribution < 1.29 is 14.3 Å². The first-order valence-corrected chi connectivity index (χ1v) is 9.71. The third-order valence-electron chi connectivity index (χ3n) is 5.37. The lowest BCUT2D eigenvalue weighted by Crippen LogP contribution is -2.56. The van der Waals surface area contributed by atoms with E-state index in [4.69, 9.17) is 16.3 Å². The van der Waals surface area contributed by atoms with Gasteiger partial charge < -0.3 is 10.1 Å². The van der Waals surface area contributed by atoms with Gasteiger partial charge in [-0.2, -0.15) is 0 Å². The van der Waals surface area contributed by atoms with E-state index in [0.29, 0.717) is 5.02 Å². The van der Waals surface area contributed by atoms with Crippen LogP contribution in [0.15, 0.2) is 36.4 Å². The molecule has 0 aliphatic heterocycles. The molecular weight excluding hydrogens is 374 g/mol. The van der Waals surface area contributed by atoms with E-state index in [2.05, 4.69) is 17.4 Å². The van der Waals surface area contributed by atoms with E-state index in [9.17, 15) is 9.59 Å². The van der Waals surface area contributed by atoms with Crippen molar-refractivity contribution in [3.8, 4) is 11.1 Å². The fourth-order valence-corrected chi connectivity index (χ4v) is 3.34. The normalized spacial score (nSPS) is 13.1. The van der Waals surface area contributed by atoms with Crippen molar-refractivity contribution in [2.45, 2.75) is 46.6 Å². The molecule has 0 saturated heterocycles. The molecule has 150 valence electrons. The maximum atomic E-state index is 12.7. The van der Waals surface area contributed by atoms with Crippen LogP contribution in [0.3, 0.4) is 0 Å². The van der Waals surface area contributed by atoms with E-state index >= 15 is 0 Å². The summed E-state index contributed by atoms with van der Waals surface area (Å²) in [6.45, 7) is 9.46. The van der Waals surface area contributed by atoms with Crippen molar-refractivity contribution in [3.05, 3.63) is 58.1 Å². The van der Waals surface area contributed by atoms with Gasteiger partial charge in [0.15, 0.2) is 0 Å². The lowest BCUT2D eigenvalue weighted by molar-refractivity contribution is -0.152. The molecule has 1 amide bonds. The summed E-state index contributed by atoms with van der Waals surface area (Å²) in [5.74, 6) is -0.743. The summed E-state index contributed by atoms with van der Waals surface area (Å²) in [6, 6.07) is 11.8. The largest absolute Gasteiger partial charge is 0.467 e. The highest BCUT2D eigenvalue weighted by Crippen LogP contribution is 2.27. The Labute approximate surface area is 172 Å². The molecule has 0 aromatic heterocycles. The molecule has 1 N–H and O–H groups in total. The maximum Gasteiger partial charge on any atom is 0.331 e. The smallest absolute Gasteiger partial charge is 0.331 e. The number of carbonyl (C=O) groups is 2. The van der Waals surface area contributed by atoms with Gasteiger partial charge in [0.05, 0.1) is 13.5 Å². The summed E-state index contributed by atoms with van der Waals surface area (Å²) >= 11 is 5.97. The predicted molar refractivity (Wildman–Crippen MR) is 113 cm³/mol. The van der Waals surface area contributed by atoms with Gasteiger partial charge in [0.1, 0.15) is 5.54 Å². The second kappa shape index (κ2) is 8.78. The van der Waals surface area contributed by atoms with Gasteiger partial charge in [-0.25, -0.2) is 4.79 Å².